The fourth-order valence-corrected chi connectivity index (χ4v) is 2.70. The van der Waals surface area contributed by atoms with Crippen LogP contribution in [0.4, 0.5) is 14.9 Å². The summed E-state index contributed by atoms with van der Waals surface area (Å²) in [6, 6.07) is 15.7. The fraction of sp³-hybridized carbons (Fsp3) is 0.316. The molecule has 24 heavy (non-hydrogen) atoms. The molecule has 2 amide bonds. The molecule has 1 atom stereocenters. The van der Waals surface area contributed by atoms with Gasteiger partial charge in [-0.3, -0.25) is 4.90 Å². The molecule has 2 aromatic carbocycles. The predicted molar refractivity (Wildman–Crippen MR) is 95.5 cm³/mol. The van der Waals surface area contributed by atoms with Gasteiger partial charge in [-0.05, 0) is 42.9 Å². The first-order chi connectivity index (χ1) is 11.6. The Bertz CT molecular complexity index is 627. The van der Waals surface area contributed by atoms with Gasteiger partial charge in [-0.2, -0.15) is 0 Å². The summed E-state index contributed by atoms with van der Waals surface area (Å²) in [5, 5.41) is 5.62. The lowest BCUT2D eigenvalue weighted by molar-refractivity contribution is 0.210. The zero-order valence-electron chi connectivity index (χ0n) is 14.1. The highest BCUT2D eigenvalue weighted by molar-refractivity contribution is 5.89. The average Bonchev–Trinajstić information content (AvgIpc) is 2.61. The molecule has 0 spiro atoms. The number of benzene rings is 2. The fourth-order valence-electron chi connectivity index (χ4n) is 2.70. The summed E-state index contributed by atoms with van der Waals surface area (Å²) >= 11 is 0. The van der Waals surface area contributed by atoms with Crippen molar-refractivity contribution in [3.05, 3.63) is 66.0 Å². The molecule has 0 aliphatic heterocycles. The number of nitrogens with one attached hydrogen (secondary N) is 2. The predicted octanol–water partition coefficient (Wildman–Crippen LogP) is 4.03. The van der Waals surface area contributed by atoms with Crippen LogP contribution in [-0.2, 0) is 0 Å². The van der Waals surface area contributed by atoms with E-state index in [0.717, 1.165) is 13.1 Å². The van der Waals surface area contributed by atoms with Crippen LogP contribution in [0.3, 0.4) is 0 Å². The molecule has 1 unspecified atom stereocenters. The molecule has 0 aliphatic rings. The Morgan fingerprint density at radius 3 is 2.25 bits per heavy atom. The quantitative estimate of drug-likeness (QED) is 0.805. The lowest BCUT2D eigenvalue weighted by Gasteiger charge is -2.30. The Balaban J connectivity index is 1.99. The minimum absolute atomic E-state index is 0.111. The molecule has 4 nitrogen and oxygen atoms in total. The molecule has 2 aromatic rings. The van der Waals surface area contributed by atoms with E-state index in [9.17, 15) is 9.18 Å². The van der Waals surface area contributed by atoms with E-state index in [1.807, 2.05) is 18.2 Å². The van der Waals surface area contributed by atoms with Gasteiger partial charge in [-0.1, -0.05) is 44.2 Å². The molecule has 0 aliphatic carbocycles. The lowest BCUT2D eigenvalue weighted by atomic mass is 10.1. The number of amides is 2. The molecular weight excluding hydrogens is 305 g/mol. The number of carbonyl (C=O) groups excluding carboxylic acids is 1. The average molecular weight is 329 g/mol. The molecule has 0 saturated carbocycles. The van der Waals surface area contributed by atoms with Crippen LogP contribution >= 0.6 is 0 Å². The van der Waals surface area contributed by atoms with Crippen LogP contribution in [0, 0.1) is 5.82 Å². The van der Waals surface area contributed by atoms with Crippen molar-refractivity contribution >= 4 is 11.7 Å². The van der Waals surface area contributed by atoms with E-state index in [2.05, 4.69) is 41.5 Å². The highest BCUT2D eigenvalue weighted by atomic mass is 19.1. The van der Waals surface area contributed by atoms with Gasteiger partial charge in [0.25, 0.3) is 0 Å². The van der Waals surface area contributed by atoms with Gasteiger partial charge in [0, 0.05) is 12.2 Å². The van der Waals surface area contributed by atoms with E-state index < -0.39 is 0 Å². The molecule has 0 fully saturated rings. The maximum absolute atomic E-state index is 12.9. The highest BCUT2D eigenvalue weighted by Gasteiger charge is 2.18. The highest BCUT2D eigenvalue weighted by Crippen LogP contribution is 2.19. The number of rotatable bonds is 7. The van der Waals surface area contributed by atoms with Crippen molar-refractivity contribution < 1.29 is 9.18 Å². The summed E-state index contributed by atoms with van der Waals surface area (Å²) in [6.45, 7) is 6.52. The Morgan fingerprint density at radius 2 is 1.67 bits per heavy atom. The Hall–Kier alpha value is -2.40. The van der Waals surface area contributed by atoms with Gasteiger partial charge in [-0.25, -0.2) is 9.18 Å². The van der Waals surface area contributed by atoms with Gasteiger partial charge in [0.1, 0.15) is 5.82 Å². The van der Waals surface area contributed by atoms with Crippen molar-refractivity contribution in [3.8, 4) is 0 Å². The summed E-state index contributed by atoms with van der Waals surface area (Å²) in [7, 11) is 0. The minimum atomic E-state index is -0.327. The third kappa shape index (κ3) is 5.06. The van der Waals surface area contributed by atoms with E-state index in [1.165, 1.54) is 29.8 Å². The van der Waals surface area contributed by atoms with E-state index in [4.69, 9.17) is 0 Å². The zero-order chi connectivity index (χ0) is 17.4. The summed E-state index contributed by atoms with van der Waals surface area (Å²) in [6.07, 6.45) is 0. The van der Waals surface area contributed by atoms with Crippen molar-refractivity contribution in [2.75, 3.05) is 25.0 Å². The monoisotopic (exact) mass is 329 g/mol. The first-order valence-corrected chi connectivity index (χ1v) is 8.23. The number of hydrogen-bond acceptors (Lipinski definition) is 2. The molecule has 2 N–H and O–H groups in total. The zero-order valence-corrected chi connectivity index (χ0v) is 14.1. The third-order valence-electron chi connectivity index (χ3n) is 4.00. The van der Waals surface area contributed by atoms with Gasteiger partial charge >= 0.3 is 6.03 Å². The molecule has 2 rings (SSSR count). The number of likely N-dealkylation sites (N-methyl/N-ethyl adjacent to an activating group) is 1. The maximum Gasteiger partial charge on any atom is 0.319 e. The first-order valence-electron chi connectivity index (χ1n) is 8.23. The standard InChI is InChI=1S/C19H24FN3O/c1-3-23(4-2)18(15-8-6-5-7-9-15)14-21-19(24)22-17-12-10-16(20)11-13-17/h5-13,18H,3-4,14H2,1-2H3,(H2,21,22,24). The normalized spacial score (nSPS) is 12.0. The Morgan fingerprint density at radius 1 is 1.04 bits per heavy atom. The van der Waals surface area contributed by atoms with E-state index in [0.29, 0.717) is 12.2 Å². The van der Waals surface area contributed by atoms with Gasteiger partial charge in [0.2, 0.25) is 0 Å². The van der Waals surface area contributed by atoms with Crippen molar-refractivity contribution in [1.82, 2.24) is 10.2 Å². The number of halogens is 1. The second kappa shape index (κ2) is 9.03. The van der Waals surface area contributed by atoms with Crippen LogP contribution in [0.1, 0.15) is 25.5 Å². The SMILES string of the molecule is CCN(CC)C(CNC(=O)Nc1ccc(F)cc1)c1ccccc1. The maximum atomic E-state index is 12.9. The number of anilines is 1. The smallest absolute Gasteiger partial charge is 0.319 e. The van der Waals surface area contributed by atoms with Crippen LogP contribution in [0.2, 0.25) is 0 Å². The molecule has 128 valence electrons. The number of hydrogen-bond donors (Lipinski definition) is 2. The topological polar surface area (TPSA) is 44.4 Å². The molecule has 5 heteroatoms. The van der Waals surface area contributed by atoms with Crippen molar-refractivity contribution in [2.24, 2.45) is 0 Å². The second-order valence-corrected chi connectivity index (χ2v) is 5.49. The number of nitrogens with zero attached hydrogens (tertiary/aromatic N) is 1. The summed E-state index contributed by atoms with van der Waals surface area (Å²) in [5.41, 5.74) is 1.73. The van der Waals surface area contributed by atoms with E-state index in [-0.39, 0.29) is 17.9 Å². The molecule has 0 aromatic heterocycles. The van der Waals surface area contributed by atoms with Gasteiger partial charge in [0.15, 0.2) is 0 Å². The number of carbonyl (C=O) groups is 1. The molecular formula is C19H24FN3O. The third-order valence-corrected chi connectivity index (χ3v) is 4.00. The molecule has 0 radical (unpaired) electrons. The van der Waals surface area contributed by atoms with E-state index in [1.54, 1.807) is 0 Å². The van der Waals surface area contributed by atoms with Crippen LogP contribution in [-0.4, -0.2) is 30.6 Å². The van der Waals surface area contributed by atoms with Crippen LogP contribution < -0.4 is 10.6 Å². The van der Waals surface area contributed by atoms with Gasteiger partial charge < -0.3 is 10.6 Å². The van der Waals surface area contributed by atoms with Gasteiger partial charge in [0.05, 0.1) is 6.04 Å². The lowest BCUT2D eigenvalue weighted by Crippen LogP contribution is -2.39. The van der Waals surface area contributed by atoms with Crippen molar-refractivity contribution in [1.29, 1.82) is 0 Å². The van der Waals surface area contributed by atoms with Crippen molar-refractivity contribution in [3.63, 3.8) is 0 Å². The first kappa shape index (κ1) is 17.9. The minimum Gasteiger partial charge on any atom is -0.336 e. The van der Waals surface area contributed by atoms with Gasteiger partial charge in [-0.15, -0.1) is 0 Å². The van der Waals surface area contributed by atoms with Crippen LogP contribution in [0.15, 0.2) is 54.6 Å². The Labute approximate surface area is 142 Å². The van der Waals surface area contributed by atoms with Crippen LogP contribution in [0.5, 0.6) is 0 Å². The second-order valence-electron chi connectivity index (χ2n) is 5.49. The van der Waals surface area contributed by atoms with Crippen molar-refractivity contribution in [2.45, 2.75) is 19.9 Å². The Kier molecular flexibility index (Phi) is 6.75. The summed E-state index contributed by atoms with van der Waals surface area (Å²) in [5.74, 6) is -0.327. The molecule has 0 bridgehead atoms. The summed E-state index contributed by atoms with van der Waals surface area (Å²) < 4.78 is 12.9. The summed E-state index contributed by atoms with van der Waals surface area (Å²) in [4.78, 5) is 14.4. The number of urea groups is 1. The molecule has 0 heterocycles. The largest absolute Gasteiger partial charge is 0.336 e. The van der Waals surface area contributed by atoms with E-state index >= 15 is 0 Å². The van der Waals surface area contributed by atoms with Crippen LogP contribution in [0.25, 0.3) is 0 Å². The molecule has 0 saturated heterocycles.